The van der Waals surface area contributed by atoms with Crippen molar-refractivity contribution in [3.8, 4) is 17.2 Å². The molecule has 2 bridgehead atoms. The van der Waals surface area contributed by atoms with Crippen molar-refractivity contribution >= 4 is 5.78 Å². The van der Waals surface area contributed by atoms with Crippen LogP contribution in [0.4, 0.5) is 0 Å². The molecule has 0 unspecified atom stereocenters. The molecule has 0 amide bonds. The van der Waals surface area contributed by atoms with E-state index in [1.165, 1.54) is 17.2 Å². The number of hydrogen-bond donors (Lipinski definition) is 1. The quantitative estimate of drug-likeness (QED) is 0.600. The molecule has 3 aromatic carbocycles. The molecule has 26 heavy (non-hydrogen) atoms. The standard InChI is InChI=1S/C15H16O2.C7H4O2/c1-16-14-9-5-3-7-12(14)11-13-8-4-6-10-15(13)17-2;8-6-2-1-4-3-5(6)7(4)9/h3-10H,11H2,1-2H3;1-3,8H. The first-order valence-corrected chi connectivity index (χ1v) is 8.25. The number of fused-ring (bicyclic) bond motifs is 2. The Morgan fingerprint density at radius 2 is 1.35 bits per heavy atom. The highest BCUT2D eigenvalue weighted by atomic mass is 16.5. The van der Waals surface area contributed by atoms with E-state index in [-0.39, 0.29) is 11.5 Å². The van der Waals surface area contributed by atoms with Gasteiger partial charge >= 0.3 is 0 Å². The van der Waals surface area contributed by atoms with E-state index in [0.717, 1.165) is 17.9 Å². The van der Waals surface area contributed by atoms with Gasteiger partial charge in [0, 0.05) is 12.0 Å². The second-order valence-electron chi connectivity index (χ2n) is 5.86. The third-order valence-electron chi connectivity index (χ3n) is 4.27. The SMILES string of the molecule is COc1ccccc1Cc1ccccc1OC.O=C1c2ccc(O)c1c2. The van der Waals surface area contributed by atoms with Crippen LogP contribution in [0, 0.1) is 0 Å². The van der Waals surface area contributed by atoms with Gasteiger partial charge in [0.2, 0.25) is 0 Å². The van der Waals surface area contributed by atoms with E-state index < -0.39 is 0 Å². The van der Waals surface area contributed by atoms with Crippen LogP contribution in [-0.4, -0.2) is 25.1 Å². The summed E-state index contributed by atoms with van der Waals surface area (Å²) in [6.07, 6.45) is 0.814. The Labute approximate surface area is 152 Å². The van der Waals surface area contributed by atoms with Crippen LogP contribution < -0.4 is 9.47 Å². The zero-order valence-corrected chi connectivity index (χ0v) is 14.7. The lowest BCUT2D eigenvalue weighted by atomic mass is 9.91. The van der Waals surface area contributed by atoms with Crippen LogP contribution in [0.15, 0.2) is 66.7 Å². The number of phenols is 1. The summed E-state index contributed by atoms with van der Waals surface area (Å²) in [5, 5.41) is 8.91. The molecule has 0 saturated carbocycles. The average molecular weight is 348 g/mol. The Morgan fingerprint density at radius 3 is 1.73 bits per heavy atom. The number of ketones is 1. The molecule has 5 rings (SSSR count). The Kier molecular flexibility index (Phi) is 5.23. The van der Waals surface area contributed by atoms with Crippen molar-refractivity contribution in [2.24, 2.45) is 0 Å². The van der Waals surface area contributed by atoms with Crippen LogP contribution in [0.1, 0.15) is 27.0 Å². The van der Waals surface area contributed by atoms with E-state index in [1.54, 1.807) is 26.4 Å². The van der Waals surface area contributed by atoms with Crippen LogP contribution in [0.5, 0.6) is 17.2 Å². The molecule has 132 valence electrons. The van der Waals surface area contributed by atoms with Gasteiger partial charge in [-0.2, -0.15) is 0 Å². The maximum Gasteiger partial charge on any atom is 0.196 e. The third kappa shape index (κ3) is 3.54. The lowest BCUT2D eigenvalue weighted by Gasteiger charge is -2.12. The van der Waals surface area contributed by atoms with Gasteiger partial charge in [0.15, 0.2) is 5.78 Å². The predicted octanol–water partition coefficient (Wildman–Crippen LogP) is 4.23. The molecule has 0 radical (unpaired) electrons. The van der Waals surface area contributed by atoms with Gasteiger partial charge in [0.25, 0.3) is 0 Å². The molecule has 0 heterocycles. The molecule has 0 atom stereocenters. The number of carbonyl (C=O) groups excluding carboxylic acids is 1. The zero-order chi connectivity index (χ0) is 18.5. The van der Waals surface area contributed by atoms with Crippen LogP contribution in [0.3, 0.4) is 0 Å². The van der Waals surface area contributed by atoms with Gasteiger partial charge in [-0.05, 0) is 41.5 Å². The highest BCUT2D eigenvalue weighted by Crippen LogP contribution is 2.29. The Morgan fingerprint density at radius 1 is 0.808 bits per heavy atom. The number of rotatable bonds is 4. The lowest BCUT2D eigenvalue weighted by Crippen LogP contribution is -2.11. The van der Waals surface area contributed by atoms with Crippen molar-refractivity contribution in [3.63, 3.8) is 0 Å². The molecule has 3 aromatic rings. The maximum atomic E-state index is 10.7. The molecule has 0 fully saturated rings. The second-order valence-corrected chi connectivity index (χ2v) is 5.86. The fraction of sp³-hybridized carbons (Fsp3) is 0.136. The van der Waals surface area contributed by atoms with Gasteiger partial charge in [0.1, 0.15) is 17.2 Å². The van der Waals surface area contributed by atoms with Crippen molar-refractivity contribution in [1.82, 2.24) is 0 Å². The molecule has 2 aliphatic carbocycles. The van der Waals surface area contributed by atoms with Gasteiger partial charge in [-0.3, -0.25) is 4.79 Å². The number of carbonyl (C=O) groups is 1. The van der Waals surface area contributed by atoms with Crippen LogP contribution in [0.2, 0.25) is 0 Å². The second kappa shape index (κ2) is 7.74. The van der Waals surface area contributed by atoms with E-state index >= 15 is 0 Å². The molecule has 0 aliphatic heterocycles. The molecule has 1 N–H and O–H groups in total. The number of methoxy groups -OCH3 is 2. The minimum Gasteiger partial charge on any atom is -0.507 e. The fourth-order valence-electron chi connectivity index (χ4n) is 2.84. The first kappa shape index (κ1) is 17.5. The first-order valence-electron chi connectivity index (χ1n) is 8.25. The smallest absolute Gasteiger partial charge is 0.196 e. The normalized spacial score (nSPS) is 11.1. The summed E-state index contributed by atoms with van der Waals surface area (Å²) < 4.78 is 10.7. The van der Waals surface area contributed by atoms with Crippen molar-refractivity contribution in [3.05, 3.63) is 89.0 Å². The number of para-hydroxylation sites is 2. The summed E-state index contributed by atoms with van der Waals surface area (Å²) >= 11 is 0. The average Bonchev–Trinajstić information content (AvgIpc) is 2.68. The topological polar surface area (TPSA) is 55.8 Å². The maximum absolute atomic E-state index is 10.7. The van der Waals surface area contributed by atoms with E-state index in [2.05, 4.69) is 12.1 Å². The van der Waals surface area contributed by atoms with Crippen LogP contribution in [0.25, 0.3) is 0 Å². The number of ether oxygens (including phenoxy) is 2. The highest BCUT2D eigenvalue weighted by Gasteiger charge is 2.23. The Hall–Kier alpha value is -3.27. The highest BCUT2D eigenvalue weighted by molar-refractivity contribution is 6.17. The van der Waals surface area contributed by atoms with E-state index in [4.69, 9.17) is 14.6 Å². The molecule has 0 aromatic heterocycles. The monoisotopic (exact) mass is 348 g/mol. The summed E-state index contributed by atoms with van der Waals surface area (Å²) in [6, 6.07) is 20.9. The van der Waals surface area contributed by atoms with Gasteiger partial charge in [-0.25, -0.2) is 0 Å². The van der Waals surface area contributed by atoms with Crippen LogP contribution >= 0.6 is 0 Å². The molecule has 0 spiro atoms. The lowest BCUT2D eigenvalue weighted by molar-refractivity contribution is 0.102. The first-order chi connectivity index (χ1) is 12.6. The number of hydrogen-bond acceptors (Lipinski definition) is 4. The van der Waals surface area contributed by atoms with E-state index in [0.29, 0.717) is 11.1 Å². The molecule has 4 nitrogen and oxygen atoms in total. The summed E-state index contributed by atoms with van der Waals surface area (Å²) in [4.78, 5) is 10.7. The largest absolute Gasteiger partial charge is 0.507 e. The minimum absolute atomic E-state index is 0.0324. The third-order valence-corrected chi connectivity index (χ3v) is 4.27. The van der Waals surface area contributed by atoms with Gasteiger partial charge < -0.3 is 14.6 Å². The number of benzene rings is 3. The Balaban J connectivity index is 0.000000181. The summed E-state index contributed by atoms with van der Waals surface area (Å²) in [5.41, 5.74) is 3.48. The van der Waals surface area contributed by atoms with E-state index in [1.807, 2.05) is 36.4 Å². The van der Waals surface area contributed by atoms with E-state index in [9.17, 15) is 4.79 Å². The molecule has 0 saturated heterocycles. The predicted molar refractivity (Wildman–Crippen MR) is 100 cm³/mol. The number of aromatic hydroxyl groups is 1. The van der Waals surface area contributed by atoms with Gasteiger partial charge in [0.05, 0.1) is 19.8 Å². The fourth-order valence-corrected chi connectivity index (χ4v) is 2.84. The minimum atomic E-state index is -0.0324. The van der Waals surface area contributed by atoms with Gasteiger partial charge in [-0.1, -0.05) is 36.4 Å². The van der Waals surface area contributed by atoms with Crippen LogP contribution in [-0.2, 0) is 6.42 Å². The molecule has 2 aliphatic rings. The molecular formula is C22H20O4. The molecule has 4 heteroatoms. The van der Waals surface area contributed by atoms with Gasteiger partial charge in [-0.15, -0.1) is 0 Å². The summed E-state index contributed by atoms with van der Waals surface area (Å²) in [5.74, 6) is 1.89. The Bertz CT molecular complexity index is 882. The zero-order valence-electron chi connectivity index (χ0n) is 14.7. The van der Waals surface area contributed by atoms with Crippen molar-refractivity contribution in [1.29, 1.82) is 0 Å². The number of phenolic OH excluding ortho intramolecular Hbond substituents is 1. The van der Waals surface area contributed by atoms with Crippen molar-refractivity contribution < 1.29 is 19.4 Å². The summed E-state index contributed by atoms with van der Waals surface area (Å²) in [6.45, 7) is 0. The van der Waals surface area contributed by atoms with Crippen molar-refractivity contribution in [2.45, 2.75) is 6.42 Å². The van der Waals surface area contributed by atoms with Crippen molar-refractivity contribution in [2.75, 3.05) is 14.2 Å². The summed E-state index contributed by atoms with van der Waals surface area (Å²) in [7, 11) is 3.39. The molecular weight excluding hydrogens is 328 g/mol.